The summed E-state index contributed by atoms with van der Waals surface area (Å²) in [6, 6.07) is 13.2. The van der Waals surface area contributed by atoms with Crippen molar-refractivity contribution in [1.29, 1.82) is 0 Å². The normalized spacial score (nSPS) is 21.8. The van der Waals surface area contributed by atoms with Crippen LogP contribution in [0.5, 0.6) is 5.75 Å². The first-order valence-corrected chi connectivity index (χ1v) is 11.7. The summed E-state index contributed by atoms with van der Waals surface area (Å²) < 4.78 is 5.99. The Morgan fingerprint density at radius 3 is 2.55 bits per heavy atom. The molecule has 8 heteroatoms. The van der Waals surface area contributed by atoms with Crippen molar-refractivity contribution in [2.75, 3.05) is 18.9 Å². The van der Waals surface area contributed by atoms with Crippen LogP contribution in [0.2, 0.25) is 10.0 Å². The summed E-state index contributed by atoms with van der Waals surface area (Å²) in [7, 11) is 2.19. The van der Waals surface area contributed by atoms with Crippen LogP contribution in [0.3, 0.4) is 0 Å². The molecule has 3 heterocycles. The molecule has 0 bridgehead atoms. The van der Waals surface area contributed by atoms with E-state index in [1.54, 1.807) is 36.7 Å². The van der Waals surface area contributed by atoms with Crippen LogP contribution >= 0.6 is 23.2 Å². The Balaban J connectivity index is 0.000000160. The molecule has 1 fully saturated rings. The predicted molar refractivity (Wildman–Crippen MR) is 132 cm³/mol. The number of likely N-dealkylation sites (tertiary alicyclic amines) is 1. The van der Waals surface area contributed by atoms with Crippen molar-refractivity contribution in [3.63, 3.8) is 0 Å². The molecular weight excluding hydrogens is 459 g/mol. The highest BCUT2D eigenvalue weighted by Gasteiger charge is 2.34. The van der Waals surface area contributed by atoms with E-state index in [0.29, 0.717) is 33.9 Å². The van der Waals surface area contributed by atoms with E-state index in [-0.39, 0.29) is 6.23 Å². The molecule has 0 spiro atoms. The number of hydrogen-bond acceptors (Lipinski definition) is 6. The lowest BCUT2D eigenvalue weighted by molar-refractivity contribution is 0.0789. The molecule has 1 N–H and O–H groups in total. The Labute approximate surface area is 203 Å². The van der Waals surface area contributed by atoms with Gasteiger partial charge in [-0.2, -0.15) is 0 Å². The summed E-state index contributed by atoms with van der Waals surface area (Å²) in [5.41, 5.74) is 2.21. The summed E-state index contributed by atoms with van der Waals surface area (Å²) in [5.74, 6) is 1.99. The van der Waals surface area contributed by atoms with Crippen LogP contribution in [0.1, 0.15) is 30.1 Å². The quantitative estimate of drug-likeness (QED) is 0.473. The van der Waals surface area contributed by atoms with Crippen LogP contribution in [0, 0.1) is 5.92 Å². The fourth-order valence-corrected chi connectivity index (χ4v) is 4.44. The molecule has 1 aromatic heterocycles. The van der Waals surface area contributed by atoms with Crippen molar-refractivity contribution in [2.24, 2.45) is 5.92 Å². The third kappa shape index (κ3) is 5.64. The third-order valence-corrected chi connectivity index (χ3v) is 6.57. The number of halogens is 2. The van der Waals surface area contributed by atoms with Crippen molar-refractivity contribution in [3.05, 3.63) is 70.5 Å². The lowest BCUT2D eigenvalue weighted by Gasteiger charge is -2.37. The third-order valence-electron chi connectivity index (χ3n) is 6.10. The number of benzene rings is 2. The number of anilines is 1. The minimum Gasteiger partial charge on any atom is -0.468 e. The molecule has 3 atom stereocenters. The lowest BCUT2D eigenvalue weighted by atomic mass is 9.92. The molecule has 0 radical (unpaired) electrons. The summed E-state index contributed by atoms with van der Waals surface area (Å²) >= 11 is 11.8. The van der Waals surface area contributed by atoms with Gasteiger partial charge in [0.25, 0.3) is 0 Å². The Kier molecular flexibility index (Phi) is 7.48. The van der Waals surface area contributed by atoms with Gasteiger partial charge in [0.05, 0.1) is 5.69 Å². The lowest BCUT2D eigenvalue weighted by Crippen LogP contribution is -2.45. The van der Waals surface area contributed by atoms with Crippen LogP contribution in [0.4, 0.5) is 5.69 Å². The van der Waals surface area contributed by atoms with Gasteiger partial charge in [-0.1, -0.05) is 23.2 Å². The first kappa shape index (κ1) is 23.5. The molecule has 0 amide bonds. The molecule has 2 aliphatic heterocycles. The number of aromatic nitrogens is 2. The zero-order chi connectivity index (χ0) is 23.4. The highest BCUT2D eigenvalue weighted by atomic mass is 35.5. The Hall–Kier alpha value is -2.67. The number of carbonyl (C=O) groups excluding carboxylic acids is 1. The van der Waals surface area contributed by atoms with E-state index in [9.17, 15) is 4.79 Å². The molecule has 0 aliphatic carbocycles. The number of rotatable bonds is 3. The van der Waals surface area contributed by atoms with Crippen molar-refractivity contribution in [2.45, 2.75) is 32.0 Å². The minimum atomic E-state index is 0.0911. The molecule has 33 heavy (non-hydrogen) atoms. The van der Waals surface area contributed by atoms with Gasteiger partial charge >= 0.3 is 0 Å². The van der Waals surface area contributed by atoms with E-state index in [1.807, 2.05) is 18.2 Å². The molecule has 172 valence electrons. The van der Waals surface area contributed by atoms with E-state index < -0.39 is 0 Å². The van der Waals surface area contributed by atoms with E-state index >= 15 is 0 Å². The zero-order valence-electron chi connectivity index (χ0n) is 18.5. The molecule has 1 saturated heterocycles. The van der Waals surface area contributed by atoms with Crippen molar-refractivity contribution in [1.82, 2.24) is 14.9 Å². The van der Waals surface area contributed by atoms with Gasteiger partial charge in [-0.05, 0) is 69.3 Å². The number of nitrogens with one attached hydrogen (secondary N) is 1. The summed E-state index contributed by atoms with van der Waals surface area (Å²) in [5, 5.41) is 4.72. The average Bonchev–Trinajstić information content (AvgIpc) is 3.25. The summed E-state index contributed by atoms with van der Waals surface area (Å²) in [4.78, 5) is 21.4. The largest absolute Gasteiger partial charge is 0.468 e. The molecule has 2 unspecified atom stereocenters. The van der Waals surface area contributed by atoms with Crippen molar-refractivity contribution >= 4 is 35.2 Å². The van der Waals surface area contributed by atoms with Crippen LogP contribution in [0.25, 0.3) is 11.4 Å². The van der Waals surface area contributed by atoms with E-state index in [0.717, 1.165) is 29.3 Å². The van der Waals surface area contributed by atoms with Gasteiger partial charge in [0, 0.05) is 52.1 Å². The van der Waals surface area contributed by atoms with Crippen LogP contribution in [-0.2, 0) is 0 Å². The second-order valence-corrected chi connectivity index (χ2v) is 9.24. The van der Waals surface area contributed by atoms with Crippen LogP contribution in [-0.4, -0.2) is 47.0 Å². The fourth-order valence-electron chi connectivity index (χ4n) is 4.09. The van der Waals surface area contributed by atoms with Gasteiger partial charge in [0.1, 0.15) is 5.75 Å². The maximum atomic E-state index is 10.8. The monoisotopic (exact) mass is 484 g/mol. The fraction of sp³-hybridized carbons (Fsp3) is 0.320. The highest BCUT2D eigenvalue weighted by Crippen LogP contribution is 2.38. The first-order valence-electron chi connectivity index (χ1n) is 10.9. The Morgan fingerprint density at radius 1 is 1.09 bits per heavy atom. The Morgan fingerprint density at radius 2 is 1.82 bits per heavy atom. The molecule has 2 aliphatic rings. The SMILES string of the molecule is C[C@@H]1CCC(C2Nc3cc(Cl)ccc3O2)CN1C.O=Cc1cc(Cl)ccc1-c1ncccn1. The smallest absolute Gasteiger partial charge is 0.174 e. The van der Waals surface area contributed by atoms with Crippen LogP contribution in [0.15, 0.2) is 54.9 Å². The predicted octanol–water partition coefficient (Wildman–Crippen LogP) is 5.81. The number of piperidine rings is 1. The number of carbonyl (C=O) groups is 1. The second-order valence-electron chi connectivity index (χ2n) is 8.37. The molecule has 5 rings (SSSR count). The second kappa shape index (κ2) is 10.5. The highest BCUT2D eigenvalue weighted by molar-refractivity contribution is 6.31. The van der Waals surface area contributed by atoms with Gasteiger partial charge in [-0.25, -0.2) is 9.97 Å². The minimum absolute atomic E-state index is 0.0911. The number of aldehydes is 1. The molecule has 3 aromatic rings. The van der Waals surface area contributed by atoms with Gasteiger partial charge in [0.15, 0.2) is 18.3 Å². The van der Waals surface area contributed by atoms with Crippen LogP contribution < -0.4 is 10.1 Å². The van der Waals surface area contributed by atoms with Crippen molar-refractivity contribution < 1.29 is 9.53 Å². The molecule has 0 saturated carbocycles. The topological polar surface area (TPSA) is 67.3 Å². The maximum absolute atomic E-state index is 10.8. The van der Waals surface area contributed by atoms with Gasteiger partial charge < -0.3 is 15.0 Å². The molecule has 2 aromatic carbocycles. The average molecular weight is 485 g/mol. The Bertz CT molecular complexity index is 1110. The van der Waals surface area contributed by atoms with E-state index in [2.05, 4.69) is 34.2 Å². The van der Waals surface area contributed by atoms with Crippen molar-refractivity contribution in [3.8, 4) is 17.1 Å². The standard InChI is InChI=1S/C14H19ClN2O.C11H7ClN2O/c1-9-3-4-10(8-17(9)2)14-16-12-7-11(15)5-6-13(12)18-14;12-9-2-3-10(8(6-9)7-15)11-13-4-1-5-14-11/h5-7,9-10,14,16H,3-4,8H2,1-2H3;1-7H/t9-,10?,14?;/m1./s1. The number of hydrogen-bond donors (Lipinski definition) is 1. The molecule has 6 nitrogen and oxygen atoms in total. The summed E-state index contributed by atoms with van der Waals surface area (Å²) in [6.07, 6.45) is 6.55. The molecular formula is C25H26Cl2N4O2. The number of ether oxygens (including phenoxy) is 1. The number of fused-ring (bicyclic) bond motifs is 1. The maximum Gasteiger partial charge on any atom is 0.174 e. The van der Waals surface area contributed by atoms with Gasteiger partial charge in [-0.15, -0.1) is 0 Å². The van der Waals surface area contributed by atoms with Gasteiger partial charge in [-0.3, -0.25) is 4.79 Å². The zero-order valence-corrected chi connectivity index (χ0v) is 20.1. The van der Waals surface area contributed by atoms with Gasteiger partial charge in [0.2, 0.25) is 0 Å². The van der Waals surface area contributed by atoms with E-state index in [4.69, 9.17) is 27.9 Å². The summed E-state index contributed by atoms with van der Waals surface area (Å²) in [6.45, 7) is 3.37. The first-order chi connectivity index (χ1) is 15.9. The number of nitrogens with zero attached hydrogens (tertiary/aromatic N) is 3. The van der Waals surface area contributed by atoms with E-state index in [1.165, 1.54) is 12.8 Å².